The summed E-state index contributed by atoms with van der Waals surface area (Å²) in [6.45, 7) is 4.60. The average molecular weight is 300 g/mol. The van der Waals surface area contributed by atoms with Crippen molar-refractivity contribution in [2.24, 2.45) is 0 Å². The molecule has 0 aromatic heterocycles. The number of benzene rings is 1. The zero-order chi connectivity index (χ0) is 12.8. The Morgan fingerprint density at radius 3 is 2.76 bits per heavy atom. The number of nitrogens with one attached hydrogen (secondary N) is 1. The van der Waals surface area contributed by atoms with Gasteiger partial charge in [-0.05, 0) is 30.5 Å². The van der Waals surface area contributed by atoms with Crippen LogP contribution in [0.1, 0.15) is 30.9 Å². The van der Waals surface area contributed by atoms with Gasteiger partial charge in [0.05, 0.1) is 0 Å². The summed E-state index contributed by atoms with van der Waals surface area (Å²) < 4.78 is 1.07. The third-order valence-electron chi connectivity index (χ3n) is 2.65. The summed E-state index contributed by atoms with van der Waals surface area (Å²) in [6, 6.07) is 5.59. The molecule has 0 amide bonds. The van der Waals surface area contributed by atoms with Gasteiger partial charge in [-0.1, -0.05) is 41.4 Å². The highest BCUT2D eigenvalue weighted by atomic mass is 79.9. The molecular weight excluding hydrogens is 282 g/mol. The maximum absolute atomic E-state index is 11.0. The first-order valence-corrected chi connectivity index (χ1v) is 6.55. The fraction of sp³-hybridized carbons (Fsp3) is 0.462. The van der Waals surface area contributed by atoms with E-state index in [4.69, 9.17) is 5.11 Å². The van der Waals surface area contributed by atoms with Gasteiger partial charge in [-0.25, -0.2) is 0 Å². The van der Waals surface area contributed by atoms with E-state index in [1.54, 1.807) is 0 Å². The molecule has 3 nitrogen and oxygen atoms in total. The van der Waals surface area contributed by atoms with Crippen molar-refractivity contribution in [1.29, 1.82) is 0 Å². The van der Waals surface area contributed by atoms with Gasteiger partial charge in [0.2, 0.25) is 0 Å². The molecule has 0 bridgehead atoms. The van der Waals surface area contributed by atoms with Gasteiger partial charge in [0, 0.05) is 11.0 Å². The number of hydrogen-bond donors (Lipinski definition) is 2. The molecule has 0 aliphatic rings. The lowest BCUT2D eigenvalue weighted by Crippen LogP contribution is -2.35. The van der Waals surface area contributed by atoms with E-state index in [1.807, 2.05) is 26.0 Å². The minimum absolute atomic E-state index is 0.455. The summed E-state index contributed by atoms with van der Waals surface area (Å²) in [5.41, 5.74) is 2.26. The molecule has 0 saturated heterocycles. The number of carboxylic acids is 1. The molecule has 1 atom stereocenters. The maximum atomic E-state index is 11.0. The lowest BCUT2D eigenvalue weighted by Gasteiger charge is -2.13. The van der Waals surface area contributed by atoms with E-state index in [0.29, 0.717) is 13.0 Å². The smallest absolute Gasteiger partial charge is 0.320 e. The van der Waals surface area contributed by atoms with E-state index in [2.05, 4.69) is 27.3 Å². The Labute approximate surface area is 110 Å². The fourth-order valence-corrected chi connectivity index (χ4v) is 1.91. The molecule has 0 aliphatic heterocycles. The van der Waals surface area contributed by atoms with Crippen molar-refractivity contribution in [1.82, 2.24) is 5.32 Å². The van der Waals surface area contributed by atoms with Gasteiger partial charge in [-0.3, -0.25) is 4.79 Å². The Hall–Kier alpha value is -0.870. The van der Waals surface area contributed by atoms with E-state index >= 15 is 0 Å². The molecule has 2 N–H and O–H groups in total. The molecule has 17 heavy (non-hydrogen) atoms. The van der Waals surface area contributed by atoms with Crippen LogP contribution in [0.2, 0.25) is 0 Å². The van der Waals surface area contributed by atoms with E-state index in [1.165, 1.54) is 0 Å². The van der Waals surface area contributed by atoms with Gasteiger partial charge < -0.3 is 10.4 Å². The molecular formula is C13H18BrNO2. The Morgan fingerprint density at radius 2 is 2.24 bits per heavy atom. The first-order chi connectivity index (χ1) is 8.04. The third-order valence-corrected chi connectivity index (χ3v) is 3.54. The normalized spacial score (nSPS) is 12.4. The van der Waals surface area contributed by atoms with Crippen LogP contribution in [0.25, 0.3) is 0 Å². The van der Waals surface area contributed by atoms with Crippen molar-refractivity contribution in [3.8, 4) is 0 Å². The molecule has 0 saturated carbocycles. The van der Waals surface area contributed by atoms with Crippen LogP contribution in [0.3, 0.4) is 0 Å². The number of aliphatic carboxylic acids is 1. The summed E-state index contributed by atoms with van der Waals surface area (Å²) in [5.74, 6) is -0.777. The topological polar surface area (TPSA) is 49.3 Å². The van der Waals surface area contributed by atoms with Gasteiger partial charge in [0.25, 0.3) is 0 Å². The number of halogens is 1. The van der Waals surface area contributed by atoms with Crippen LogP contribution in [0, 0.1) is 6.92 Å². The van der Waals surface area contributed by atoms with Crippen LogP contribution >= 0.6 is 15.9 Å². The Kier molecular flexibility index (Phi) is 5.65. The largest absolute Gasteiger partial charge is 0.480 e. The van der Waals surface area contributed by atoms with Crippen LogP contribution in [0.15, 0.2) is 22.7 Å². The number of carbonyl (C=O) groups is 1. The molecule has 0 radical (unpaired) electrons. The second-order valence-corrected chi connectivity index (χ2v) is 5.00. The van der Waals surface area contributed by atoms with E-state index in [9.17, 15) is 4.79 Å². The first kappa shape index (κ1) is 14.2. The van der Waals surface area contributed by atoms with Crippen molar-refractivity contribution < 1.29 is 9.90 Å². The molecule has 4 heteroatoms. The molecule has 1 unspecified atom stereocenters. The van der Waals surface area contributed by atoms with Crippen molar-refractivity contribution in [2.45, 2.75) is 39.3 Å². The van der Waals surface area contributed by atoms with E-state index in [0.717, 1.165) is 22.0 Å². The molecule has 0 spiro atoms. The lowest BCUT2D eigenvalue weighted by atomic mass is 10.1. The molecule has 94 valence electrons. The number of carboxylic acid groups (broad SMARTS) is 1. The summed E-state index contributed by atoms with van der Waals surface area (Å²) >= 11 is 3.44. The highest BCUT2D eigenvalue weighted by Crippen LogP contribution is 2.17. The van der Waals surface area contributed by atoms with Crippen molar-refractivity contribution >= 4 is 21.9 Å². The van der Waals surface area contributed by atoms with Gasteiger partial charge >= 0.3 is 5.97 Å². The zero-order valence-electron chi connectivity index (χ0n) is 10.2. The van der Waals surface area contributed by atoms with Crippen molar-refractivity contribution in [3.63, 3.8) is 0 Å². The summed E-state index contributed by atoms with van der Waals surface area (Å²) in [4.78, 5) is 11.0. The standard InChI is InChI=1S/C13H18BrNO2/c1-3-4-12(13(16)17)15-8-10-5-6-11(14)9(2)7-10/h5-7,12,15H,3-4,8H2,1-2H3,(H,16,17). The average Bonchev–Trinajstić information content (AvgIpc) is 2.28. The highest BCUT2D eigenvalue weighted by molar-refractivity contribution is 9.10. The van der Waals surface area contributed by atoms with Crippen LogP contribution < -0.4 is 5.32 Å². The van der Waals surface area contributed by atoms with Gasteiger partial charge in [0.1, 0.15) is 6.04 Å². The van der Waals surface area contributed by atoms with Crippen molar-refractivity contribution in [2.75, 3.05) is 0 Å². The SMILES string of the molecule is CCCC(NCc1ccc(Br)c(C)c1)C(=O)O. The summed E-state index contributed by atoms with van der Waals surface area (Å²) in [6.07, 6.45) is 1.52. The third kappa shape index (κ3) is 4.48. The van der Waals surface area contributed by atoms with Crippen LogP contribution in [0.5, 0.6) is 0 Å². The predicted molar refractivity (Wildman–Crippen MR) is 72.1 cm³/mol. The minimum atomic E-state index is -0.777. The van der Waals surface area contributed by atoms with Crippen LogP contribution in [0.4, 0.5) is 0 Å². The maximum Gasteiger partial charge on any atom is 0.320 e. The van der Waals surface area contributed by atoms with Crippen LogP contribution in [-0.4, -0.2) is 17.1 Å². The van der Waals surface area contributed by atoms with E-state index < -0.39 is 12.0 Å². The van der Waals surface area contributed by atoms with Gasteiger partial charge in [0.15, 0.2) is 0 Å². The first-order valence-electron chi connectivity index (χ1n) is 5.75. The van der Waals surface area contributed by atoms with Gasteiger partial charge in [-0.15, -0.1) is 0 Å². The Morgan fingerprint density at radius 1 is 1.53 bits per heavy atom. The predicted octanol–water partition coefficient (Wildman–Crippen LogP) is 3.10. The number of rotatable bonds is 6. The quantitative estimate of drug-likeness (QED) is 0.848. The van der Waals surface area contributed by atoms with E-state index in [-0.39, 0.29) is 0 Å². The molecule has 1 aromatic carbocycles. The van der Waals surface area contributed by atoms with Crippen LogP contribution in [-0.2, 0) is 11.3 Å². The Bertz CT molecular complexity index is 393. The highest BCUT2D eigenvalue weighted by Gasteiger charge is 2.14. The molecule has 0 aliphatic carbocycles. The summed E-state index contributed by atoms with van der Waals surface area (Å²) in [5, 5.41) is 12.1. The molecule has 1 aromatic rings. The van der Waals surface area contributed by atoms with Crippen molar-refractivity contribution in [3.05, 3.63) is 33.8 Å². The minimum Gasteiger partial charge on any atom is -0.480 e. The number of aryl methyl sites for hydroxylation is 1. The fourth-order valence-electron chi connectivity index (χ4n) is 1.66. The monoisotopic (exact) mass is 299 g/mol. The Balaban J connectivity index is 2.59. The molecule has 0 fully saturated rings. The number of hydrogen-bond acceptors (Lipinski definition) is 2. The lowest BCUT2D eigenvalue weighted by molar-refractivity contribution is -0.139. The zero-order valence-corrected chi connectivity index (χ0v) is 11.8. The van der Waals surface area contributed by atoms with Gasteiger partial charge in [-0.2, -0.15) is 0 Å². The second-order valence-electron chi connectivity index (χ2n) is 4.14. The molecule has 0 heterocycles. The second kappa shape index (κ2) is 6.77. The summed E-state index contributed by atoms with van der Waals surface area (Å²) in [7, 11) is 0. The molecule has 1 rings (SSSR count).